The number of carbonyl (C=O) groups is 1. The first-order valence-corrected chi connectivity index (χ1v) is 6.88. The molecule has 0 bridgehead atoms. The lowest BCUT2D eigenvalue weighted by molar-refractivity contribution is 0.218. The maximum absolute atomic E-state index is 12.7. The molecule has 0 unspecified atom stereocenters. The van der Waals surface area contributed by atoms with E-state index in [0.29, 0.717) is 16.7 Å². The van der Waals surface area contributed by atoms with Gasteiger partial charge in [-0.2, -0.15) is 0 Å². The van der Waals surface area contributed by atoms with Crippen LogP contribution in [0, 0.1) is 0 Å². The van der Waals surface area contributed by atoms with Crippen LogP contribution in [0.1, 0.15) is 0 Å². The zero-order chi connectivity index (χ0) is 15.7. The number of fused-ring (bicyclic) bond motifs is 1. The van der Waals surface area contributed by atoms with Crippen LogP contribution in [-0.4, -0.2) is 34.6 Å². The lowest BCUT2D eigenvalue weighted by Crippen LogP contribution is -2.37. The van der Waals surface area contributed by atoms with Gasteiger partial charge in [-0.25, -0.2) is 14.3 Å². The molecular formula is C17H15N3O2. The predicted molar refractivity (Wildman–Crippen MR) is 85.9 cm³/mol. The molecule has 5 heteroatoms. The van der Waals surface area contributed by atoms with Crippen molar-refractivity contribution in [1.82, 2.24) is 14.5 Å². The van der Waals surface area contributed by atoms with E-state index in [1.54, 1.807) is 32.3 Å². The predicted octanol–water partition coefficient (Wildman–Crippen LogP) is 2.59. The maximum Gasteiger partial charge on any atom is 0.332 e. The Kier molecular flexibility index (Phi) is 3.47. The zero-order valence-electron chi connectivity index (χ0n) is 12.4. The molecule has 0 radical (unpaired) electrons. The summed E-state index contributed by atoms with van der Waals surface area (Å²) in [5.41, 5.74) is 0.942. The third-order valence-corrected chi connectivity index (χ3v) is 3.38. The average molecular weight is 293 g/mol. The third-order valence-electron chi connectivity index (χ3n) is 3.38. The Morgan fingerprint density at radius 2 is 1.64 bits per heavy atom. The quantitative estimate of drug-likeness (QED) is 0.693. The molecule has 0 saturated carbocycles. The van der Waals surface area contributed by atoms with E-state index in [1.165, 1.54) is 4.90 Å². The van der Waals surface area contributed by atoms with Gasteiger partial charge in [0.1, 0.15) is 0 Å². The van der Waals surface area contributed by atoms with Crippen LogP contribution >= 0.6 is 0 Å². The topological polar surface area (TPSA) is 55.2 Å². The van der Waals surface area contributed by atoms with E-state index in [9.17, 15) is 9.59 Å². The average Bonchev–Trinajstić information content (AvgIpc) is 2.55. The van der Waals surface area contributed by atoms with E-state index in [1.807, 2.05) is 36.4 Å². The van der Waals surface area contributed by atoms with E-state index in [4.69, 9.17) is 0 Å². The van der Waals surface area contributed by atoms with Gasteiger partial charge in [0.15, 0.2) is 5.82 Å². The smallest absolute Gasteiger partial charge is 0.330 e. The number of hydrogen-bond donors (Lipinski definition) is 0. The molecule has 0 fully saturated rings. The molecule has 3 aromatic rings. The zero-order valence-corrected chi connectivity index (χ0v) is 12.4. The summed E-state index contributed by atoms with van der Waals surface area (Å²) in [7, 11) is 3.22. The summed E-state index contributed by atoms with van der Waals surface area (Å²) in [5.74, 6) is 0.350. The highest BCUT2D eigenvalue weighted by atomic mass is 16.2. The van der Waals surface area contributed by atoms with E-state index < -0.39 is 6.03 Å². The van der Waals surface area contributed by atoms with Gasteiger partial charge in [0.25, 0.3) is 5.56 Å². The fourth-order valence-corrected chi connectivity index (χ4v) is 2.29. The highest BCUT2D eigenvalue weighted by molar-refractivity contribution is 5.87. The van der Waals surface area contributed by atoms with Crippen LogP contribution in [0.25, 0.3) is 22.3 Å². The van der Waals surface area contributed by atoms with Gasteiger partial charge in [-0.15, -0.1) is 0 Å². The largest absolute Gasteiger partial charge is 0.332 e. The third kappa shape index (κ3) is 2.26. The molecule has 0 aliphatic carbocycles. The van der Waals surface area contributed by atoms with Gasteiger partial charge in [0.05, 0.1) is 10.9 Å². The fraction of sp³-hybridized carbons (Fsp3) is 0.118. The van der Waals surface area contributed by atoms with E-state index in [2.05, 4.69) is 4.98 Å². The maximum atomic E-state index is 12.7. The van der Waals surface area contributed by atoms with Crippen LogP contribution in [0.5, 0.6) is 0 Å². The Balaban J connectivity index is 2.41. The highest BCUT2D eigenvalue weighted by Gasteiger charge is 2.19. The van der Waals surface area contributed by atoms with Crippen LogP contribution < -0.4 is 5.56 Å². The summed E-state index contributed by atoms with van der Waals surface area (Å²) in [4.78, 5) is 31.1. The van der Waals surface area contributed by atoms with Crippen molar-refractivity contribution in [3.63, 3.8) is 0 Å². The number of hydrogen-bond acceptors (Lipinski definition) is 3. The van der Waals surface area contributed by atoms with E-state index in [0.717, 1.165) is 10.1 Å². The van der Waals surface area contributed by atoms with E-state index >= 15 is 0 Å². The van der Waals surface area contributed by atoms with Crippen LogP contribution in [0.15, 0.2) is 59.4 Å². The molecule has 1 aromatic heterocycles. The van der Waals surface area contributed by atoms with Crippen molar-refractivity contribution in [3.05, 3.63) is 65.0 Å². The normalized spacial score (nSPS) is 10.6. The van der Waals surface area contributed by atoms with Gasteiger partial charge >= 0.3 is 6.03 Å². The van der Waals surface area contributed by atoms with Gasteiger partial charge in [-0.1, -0.05) is 42.5 Å². The molecule has 22 heavy (non-hydrogen) atoms. The second-order valence-corrected chi connectivity index (χ2v) is 5.14. The molecule has 3 rings (SSSR count). The van der Waals surface area contributed by atoms with Crippen molar-refractivity contribution in [2.24, 2.45) is 0 Å². The summed E-state index contributed by atoms with van der Waals surface area (Å²) >= 11 is 0. The summed E-state index contributed by atoms with van der Waals surface area (Å²) in [5, 5.41) is 0.428. The SMILES string of the molecule is CN(C)C(=O)n1c(-c2ccccc2)nc2ccccc2c1=O. The Morgan fingerprint density at radius 3 is 2.32 bits per heavy atom. The Labute approximate surface area is 127 Å². The molecule has 110 valence electrons. The van der Waals surface area contributed by atoms with E-state index in [-0.39, 0.29) is 5.56 Å². The van der Waals surface area contributed by atoms with Gasteiger partial charge in [0.2, 0.25) is 0 Å². The van der Waals surface area contributed by atoms with Crippen molar-refractivity contribution in [2.45, 2.75) is 0 Å². The minimum atomic E-state index is -0.415. The van der Waals surface area contributed by atoms with Crippen molar-refractivity contribution in [2.75, 3.05) is 14.1 Å². The molecule has 0 aliphatic heterocycles. The first-order valence-electron chi connectivity index (χ1n) is 6.88. The number of benzene rings is 2. The van der Waals surface area contributed by atoms with Crippen molar-refractivity contribution in [1.29, 1.82) is 0 Å². The van der Waals surface area contributed by atoms with Gasteiger partial charge in [-0.3, -0.25) is 4.79 Å². The number of rotatable bonds is 1. The van der Waals surface area contributed by atoms with Crippen molar-refractivity contribution in [3.8, 4) is 11.4 Å². The molecule has 0 aliphatic rings. The molecule has 0 atom stereocenters. The number of para-hydroxylation sites is 1. The first-order chi connectivity index (χ1) is 10.6. The van der Waals surface area contributed by atoms with Crippen molar-refractivity contribution >= 4 is 16.9 Å². The lowest BCUT2D eigenvalue weighted by Gasteiger charge is -2.16. The first kappa shape index (κ1) is 14.0. The van der Waals surface area contributed by atoms with Crippen LogP contribution in [0.4, 0.5) is 4.79 Å². The minimum Gasteiger partial charge on any atom is -0.330 e. The molecule has 0 saturated heterocycles. The molecule has 5 nitrogen and oxygen atoms in total. The summed E-state index contributed by atoms with van der Waals surface area (Å²) < 4.78 is 1.12. The number of nitrogens with zero attached hydrogens (tertiary/aromatic N) is 3. The number of aromatic nitrogens is 2. The molecule has 1 amide bonds. The number of carbonyl (C=O) groups excluding carboxylic acids is 1. The van der Waals surface area contributed by atoms with Crippen LogP contribution in [0.3, 0.4) is 0 Å². The summed E-state index contributed by atoms with van der Waals surface area (Å²) in [6.07, 6.45) is 0. The monoisotopic (exact) mass is 293 g/mol. The summed E-state index contributed by atoms with van der Waals surface area (Å²) in [6, 6.07) is 15.9. The molecule has 0 N–H and O–H groups in total. The van der Waals surface area contributed by atoms with Gasteiger partial charge in [-0.05, 0) is 12.1 Å². The second-order valence-electron chi connectivity index (χ2n) is 5.14. The summed E-state index contributed by atoms with van der Waals surface area (Å²) in [6.45, 7) is 0. The second kappa shape index (κ2) is 5.44. The van der Waals surface area contributed by atoms with Crippen LogP contribution in [-0.2, 0) is 0 Å². The Morgan fingerprint density at radius 1 is 1.00 bits per heavy atom. The number of amides is 1. The molecular weight excluding hydrogens is 278 g/mol. The van der Waals surface area contributed by atoms with Gasteiger partial charge in [0, 0.05) is 19.7 Å². The fourth-order valence-electron chi connectivity index (χ4n) is 2.29. The molecule has 2 aromatic carbocycles. The van der Waals surface area contributed by atoms with Gasteiger partial charge < -0.3 is 4.90 Å². The van der Waals surface area contributed by atoms with Crippen molar-refractivity contribution < 1.29 is 4.79 Å². The molecule has 0 spiro atoms. The lowest BCUT2D eigenvalue weighted by atomic mass is 10.2. The highest BCUT2D eigenvalue weighted by Crippen LogP contribution is 2.18. The Bertz CT molecular complexity index is 899. The minimum absolute atomic E-state index is 0.350. The Hall–Kier alpha value is -2.95. The van der Waals surface area contributed by atoms with Crippen LogP contribution in [0.2, 0.25) is 0 Å². The standard InChI is InChI=1S/C17H15N3O2/c1-19(2)17(22)20-15(12-8-4-3-5-9-12)18-14-11-7-6-10-13(14)16(20)21/h3-11H,1-2H3. The molecule has 1 heterocycles.